The fourth-order valence-electron chi connectivity index (χ4n) is 2.91. The Kier molecular flexibility index (Phi) is 3.03. The second kappa shape index (κ2) is 4.70. The van der Waals surface area contributed by atoms with Gasteiger partial charge in [0.2, 0.25) is 0 Å². The summed E-state index contributed by atoms with van der Waals surface area (Å²) < 4.78 is 0. The fourth-order valence-corrected chi connectivity index (χ4v) is 2.91. The summed E-state index contributed by atoms with van der Waals surface area (Å²) in [5, 5.41) is 1.05. The number of hydrogen-bond donors (Lipinski definition) is 1. The molecule has 1 saturated heterocycles. The maximum absolute atomic E-state index is 6.35. The molecule has 1 aromatic carbocycles. The first-order valence-corrected chi connectivity index (χ1v) is 6.75. The van der Waals surface area contributed by atoms with Crippen molar-refractivity contribution < 1.29 is 0 Å². The minimum Gasteiger partial charge on any atom is -0.396 e. The maximum Gasteiger partial charge on any atom is 0.0724 e. The van der Waals surface area contributed by atoms with Crippen LogP contribution in [0.3, 0.4) is 0 Å². The van der Waals surface area contributed by atoms with Gasteiger partial charge in [0.15, 0.2) is 0 Å². The molecule has 0 amide bonds. The Morgan fingerprint density at radius 3 is 2.89 bits per heavy atom. The lowest BCUT2D eigenvalue weighted by Crippen LogP contribution is -2.50. The van der Waals surface area contributed by atoms with Crippen molar-refractivity contribution in [3.8, 4) is 0 Å². The molecular formula is C15H20N4. The molecule has 4 heteroatoms. The van der Waals surface area contributed by atoms with Crippen LogP contribution in [0.15, 0.2) is 30.5 Å². The molecule has 2 N–H and O–H groups in total. The molecular weight excluding hydrogens is 236 g/mol. The quantitative estimate of drug-likeness (QED) is 0.792. The standard InChI is InChI=1S/C15H20N4/c1-11-10-18(2)8-9-19(11)14-6-5-13-12(15(14)16)4-3-7-17-13/h3-7,11H,8-10,16H2,1-2H3. The summed E-state index contributed by atoms with van der Waals surface area (Å²) in [6.45, 7) is 5.43. The topological polar surface area (TPSA) is 45.4 Å². The van der Waals surface area contributed by atoms with Crippen LogP contribution >= 0.6 is 0 Å². The first-order valence-electron chi connectivity index (χ1n) is 6.75. The molecule has 3 rings (SSSR count). The molecule has 2 aromatic rings. The number of rotatable bonds is 1. The molecule has 0 saturated carbocycles. The number of anilines is 2. The van der Waals surface area contributed by atoms with Crippen LogP contribution in [0.5, 0.6) is 0 Å². The molecule has 1 aliphatic heterocycles. The summed E-state index contributed by atoms with van der Waals surface area (Å²) in [6, 6.07) is 8.63. The molecule has 2 heterocycles. The number of hydrogen-bond acceptors (Lipinski definition) is 4. The van der Waals surface area contributed by atoms with Gasteiger partial charge in [0.1, 0.15) is 0 Å². The number of nitrogens with zero attached hydrogens (tertiary/aromatic N) is 3. The summed E-state index contributed by atoms with van der Waals surface area (Å²) in [5.41, 5.74) is 9.30. The lowest BCUT2D eigenvalue weighted by atomic mass is 10.1. The summed E-state index contributed by atoms with van der Waals surface area (Å²) in [6.07, 6.45) is 1.81. The van der Waals surface area contributed by atoms with Crippen molar-refractivity contribution in [3.63, 3.8) is 0 Å². The number of likely N-dealkylation sites (N-methyl/N-ethyl adjacent to an activating group) is 1. The van der Waals surface area contributed by atoms with Gasteiger partial charge >= 0.3 is 0 Å². The number of nitrogens with two attached hydrogens (primary N) is 1. The van der Waals surface area contributed by atoms with Gasteiger partial charge in [0, 0.05) is 37.3 Å². The van der Waals surface area contributed by atoms with Crippen LogP contribution in [0.4, 0.5) is 11.4 Å². The first kappa shape index (κ1) is 12.2. The van der Waals surface area contributed by atoms with Crippen LogP contribution in [0.2, 0.25) is 0 Å². The molecule has 4 nitrogen and oxygen atoms in total. The summed E-state index contributed by atoms with van der Waals surface area (Å²) in [7, 11) is 2.17. The van der Waals surface area contributed by atoms with Crippen molar-refractivity contribution in [1.29, 1.82) is 0 Å². The van der Waals surface area contributed by atoms with Gasteiger partial charge in [-0.05, 0) is 38.2 Å². The third-order valence-corrected chi connectivity index (χ3v) is 3.94. The molecule has 1 aliphatic rings. The molecule has 0 spiro atoms. The van der Waals surface area contributed by atoms with E-state index in [1.54, 1.807) is 6.20 Å². The second-order valence-corrected chi connectivity index (χ2v) is 5.37. The van der Waals surface area contributed by atoms with E-state index in [0.717, 1.165) is 41.9 Å². The van der Waals surface area contributed by atoms with Crippen molar-refractivity contribution in [2.45, 2.75) is 13.0 Å². The number of piperazine rings is 1. The third-order valence-electron chi connectivity index (χ3n) is 3.94. The third kappa shape index (κ3) is 2.12. The zero-order valence-electron chi connectivity index (χ0n) is 11.5. The average molecular weight is 256 g/mol. The van der Waals surface area contributed by atoms with Crippen LogP contribution in [0.1, 0.15) is 6.92 Å². The lowest BCUT2D eigenvalue weighted by Gasteiger charge is -2.40. The minimum atomic E-state index is 0.482. The highest BCUT2D eigenvalue weighted by atomic mass is 15.3. The highest BCUT2D eigenvalue weighted by Gasteiger charge is 2.23. The highest BCUT2D eigenvalue weighted by Crippen LogP contribution is 2.32. The summed E-state index contributed by atoms with van der Waals surface area (Å²) >= 11 is 0. The van der Waals surface area contributed by atoms with Gasteiger partial charge in [-0.1, -0.05) is 0 Å². The maximum atomic E-state index is 6.35. The number of fused-ring (bicyclic) bond motifs is 1. The number of pyridine rings is 1. The van der Waals surface area contributed by atoms with Gasteiger partial charge in [-0.15, -0.1) is 0 Å². The van der Waals surface area contributed by atoms with Gasteiger partial charge in [0.25, 0.3) is 0 Å². The Hall–Kier alpha value is -1.81. The number of benzene rings is 1. The van der Waals surface area contributed by atoms with E-state index in [0.29, 0.717) is 6.04 Å². The van der Waals surface area contributed by atoms with E-state index in [1.165, 1.54) is 0 Å². The van der Waals surface area contributed by atoms with Crippen molar-refractivity contribution in [2.75, 3.05) is 37.3 Å². The Labute approximate surface area is 113 Å². The van der Waals surface area contributed by atoms with Gasteiger partial charge in [-0.25, -0.2) is 0 Å². The monoisotopic (exact) mass is 256 g/mol. The van der Waals surface area contributed by atoms with Gasteiger partial charge in [0.05, 0.1) is 16.9 Å². The van der Waals surface area contributed by atoms with Gasteiger partial charge in [-0.3, -0.25) is 4.98 Å². The van der Waals surface area contributed by atoms with Crippen molar-refractivity contribution in [3.05, 3.63) is 30.5 Å². The van der Waals surface area contributed by atoms with E-state index < -0.39 is 0 Å². The van der Waals surface area contributed by atoms with Crippen LogP contribution in [-0.4, -0.2) is 42.6 Å². The molecule has 1 fully saturated rings. The number of aromatic nitrogens is 1. The molecule has 0 aliphatic carbocycles. The normalized spacial score (nSPS) is 20.9. The largest absolute Gasteiger partial charge is 0.396 e. The molecule has 1 unspecified atom stereocenters. The molecule has 0 bridgehead atoms. The Balaban J connectivity index is 2.03. The van der Waals surface area contributed by atoms with Crippen LogP contribution in [-0.2, 0) is 0 Å². The summed E-state index contributed by atoms with van der Waals surface area (Å²) in [5.74, 6) is 0. The van der Waals surface area contributed by atoms with E-state index >= 15 is 0 Å². The first-order chi connectivity index (χ1) is 9.16. The average Bonchev–Trinajstić information content (AvgIpc) is 2.41. The predicted octanol–water partition coefficient (Wildman–Crippen LogP) is 1.96. The minimum absolute atomic E-state index is 0.482. The molecule has 1 atom stereocenters. The second-order valence-electron chi connectivity index (χ2n) is 5.37. The predicted molar refractivity (Wildman–Crippen MR) is 80.5 cm³/mol. The van der Waals surface area contributed by atoms with Crippen molar-refractivity contribution in [2.24, 2.45) is 0 Å². The summed E-state index contributed by atoms with van der Waals surface area (Å²) in [4.78, 5) is 9.12. The lowest BCUT2D eigenvalue weighted by molar-refractivity contribution is 0.276. The number of nitrogen functional groups attached to an aromatic ring is 1. The van der Waals surface area contributed by atoms with E-state index in [-0.39, 0.29) is 0 Å². The van der Waals surface area contributed by atoms with Gasteiger partial charge in [-0.2, -0.15) is 0 Å². The van der Waals surface area contributed by atoms with E-state index in [1.807, 2.05) is 12.1 Å². The fraction of sp³-hybridized carbons (Fsp3) is 0.400. The van der Waals surface area contributed by atoms with E-state index in [2.05, 4.69) is 40.9 Å². The smallest absolute Gasteiger partial charge is 0.0724 e. The SMILES string of the molecule is CC1CN(C)CCN1c1ccc2ncccc2c1N. The van der Waals surface area contributed by atoms with Crippen molar-refractivity contribution in [1.82, 2.24) is 9.88 Å². The van der Waals surface area contributed by atoms with Crippen molar-refractivity contribution >= 4 is 22.3 Å². The Bertz CT molecular complexity index is 596. The molecule has 0 radical (unpaired) electrons. The van der Waals surface area contributed by atoms with E-state index in [4.69, 9.17) is 5.73 Å². The van der Waals surface area contributed by atoms with Gasteiger partial charge < -0.3 is 15.5 Å². The van der Waals surface area contributed by atoms with Crippen LogP contribution in [0.25, 0.3) is 10.9 Å². The molecule has 100 valence electrons. The van der Waals surface area contributed by atoms with Crippen LogP contribution < -0.4 is 10.6 Å². The molecule has 19 heavy (non-hydrogen) atoms. The van der Waals surface area contributed by atoms with Crippen LogP contribution in [0, 0.1) is 0 Å². The van der Waals surface area contributed by atoms with E-state index in [9.17, 15) is 0 Å². The zero-order valence-corrected chi connectivity index (χ0v) is 11.5. The zero-order chi connectivity index (χ0) is 13.4. The molecule has 1 aromatic heterocycles. The Morgan fingerprint density at radius 1 is 1.26 bits per heavy atom. The Morgan fingerprint density at radius 2 is 2.11 bits per heavy atom. The highest BCUT2D eigenvalue weighted by molar-refractivity contribution is 5.97.